The summed E-state index contributed by atoms with van der Waals surface area (Å²) in [6.45, 7) is 6.85. The number of aromatic nitrogens is 2. The topological polar surface area (TPSA) is 93.2 Å². The van der Waals surface area contributed by atoms with Gasteiger partial charge in [-0.2, -0.15) is 0 Å². The first-order valence-electron chi connectivity index (χ1n) is 6.97. The number of nitrogens with zero attached hydrogens (tertiary/aromatic N) is 2. The molecule has 0 bridgehead atoms. The van der Waals surface area contributed by atoms with E-state index in [2.05, 4.69) is 20.6 Å². The maximum atomic E-state index is 11.8. The summed E-state index contributed by atoms with van der Waals surface area (Å²) < 4.78 is 5.08. The molecule has 0 saturated carbocycles. The van der Waals surface area contributed by atoms with Crippen LogP contribution in [0.5, 0.6) is 0 Å². The highest BCUT2D eigenvalue weighted by atomic mass is 16.6. The molecule has 2 N–H and O–H groups in total. The number of carbonyl (C=O) groups excluding carboxylic acids is 2. The van der Waals surface area contributed by atoms with Gasteiger partial charge >= 0.3 is 6.09 Å². The summed E-state index contributed by atoms with van der Waals surface area (Å²) in [5, 5.41) is 5.06. The van der Waals surface area contributed by atoms with Gasteiger partial charge in [-0.05, 0) is 39.7 Å². The van der Waals surface area contributed by atoms with Crippen LogP contribution in [-0.4, -0.2) is 33.6 Å². The van der Waals surface area contributed by atoms with E-state index in [0.717, 1.165) is 5.56 Å². The molecule has 0 unspecified atom stereocenters. The van der Waals surface area contributed by atoms with E-state index in [1.165, 1.54) is 12.5 Å². The van der Waals surface area contributed by atoms with Crippen LogP contribution in [0.25, 0.3) is 0 Å². The van der Waals surface area contributed by atoms with Crippen molar-refractivity contribution in [1.82, 2.24) is 20.6 Å². The fraction of sp³-hybridized carbons (Fsp3) is 0.467. The number of nitrogens with one attached hydrogen (secondary N) is 2. The van der Waals surface area contributed by atoms with Crippen molar-refractivity contribution in [3.63, 3.8) is 0 Å². The van der Waals surface area contributed by atoms with Crippen molar-refractivity contribution < 1.29 is 14.3 Å². The number of amides is 2. The van der Waals surface area contributed by atoms with E-state index in [9.17, 15) is 9.59 Å². The second kappa shape index (κ2) is 8.11. The van der Waals surface area contributed by atoms with Crippen molar-refractivity contribution in [1.29, 1.82) is 0 Å². The molecule has 2 amide bonds. The minimum atomic E-state index is -0.695. The Morgan fingerprint density at radius 1 is 1.32 bits per heavy atom. The van der Waals surface area contributed by atoms with E-state index in [-0.39, 0.29) is 5.91 Å². The van der Waals surface area contributed by atoms with Gasteiger partial charge in [-0.3, -0.25) is 4.79 Å². The fourth-order valence-electron chi connectivity index (χ4n) is 1.45. The second-order valence-electron chi connectivity index (χ2n) is 5.73. The van der Waals surface area contributed by atoms with Crippen molar-refractivity contribution >= 4 is 12.0 Å². The van der Waals surface area contributed by atoms with Crippen molar-refractivity contribution in [2.75, 3.05) is 0 Å². The van der Waals surface area contributed by atoms with Crippen LogP contribution in [0.15, 0.2) is 31.0 Å². The summed E-state index contributed by atoms with van der Waals surface area (Å²) in [4.78, 5) is 31.1. The first-order chi connectivity index (χ1) is 10.3. The Balaban J connectivity index is 2.33. The van der Waals surface area contributed by atoms with Crippen molar-refractivity contribution in [2.45, 2.75) is 45.8 Å². The molecule has 120 valence electrons. The van der Waals surface area contributed by atoms with Crippen LogP contribution in [0.2, 0.25) is 0 Å². The Bertz CT molecular complexity index is 523. The number of hydrogen-bond acceptors (Lipinski definition) is 5. The SMILES string of the molecule is C[C@@H](NC(=O)OC(C)(C)C)C(=O)N/C=C/Cc1cncnc1. The zero-order valence-corrected chi connectivity index (χ0v) is 13.3. The van der Waals surface area contributed by atoms with Crippen LogP contribution < -0.4 is 10.6 Å². The summed E-state index contributed by atoms with van der Waals surface area (Å²) in [5.41, 5.74) is 0.339. The third kappa shape index (κ3) is 7.37. The number of hydrogen-bond donors (Lipinski definition) is 2. The third-order valence-corrected chi connectivity index (χ3v) is 2.44. The van der Waals surface area contributed by atoms with Crippen LogP contribution in [-0.2, 0) is 16.0 Å². The van der Waals surface area contributed by atoms with E-state index >= 15 is 0 Å². The molecule has 1 heterocycles. The van der Waals surface area contributed by atoms with Gasteiger partial charge in [0.15, 0.2) is 0 Å². The van der Waals surface area contributed by atoms with Gasteiger partial charge in [-0.1, -0.05) is 6.08 Å². The lowest BCUT2D eigenvalue weighted by Crippen LogP contribution is -2.45. The van der Waals surface area contributed by atoms with Gasteiger partial charge in [0.05, 0.1) is 0 Å². The average Bonchev–Trinajstić information content (AvgIpc) is 2.42. The molecule has 1 atom stereocenters. The van der Waals surface area contributed by atoms with Crippen molar-refractivity contribution in [3.8, 4) is 0 Å². The van der Waals surface area contributed by atoms with Crippen LogP contribution in [0.3, 0.4) is 0 Å². The van der Waals surface area contributed by atoms with E-state index in [1.807, 2.05) is 0 Å². The molecule has 0 aliphatic rings. The number of allylic oxidation sites excluding steroid dienone is 1. The highest BCUT2D eigenvalue weighted by Gasteiger charge is 2.20. The van der Waals surface area contributed by atoms with E-state index in [0.29, 0.717) is 6.42 Å². The first-order valence-corrected chi connectivity index (χ1v) is 6.97. The molecule has 22 heavy (non-hydrogen) atoms. The molecular formula is C15H22N4O3. The maximum absolute atomic E-state index is 11.8. The van der Waals surface area contributed by atoms with E-state index in [1.54, 1.807) is 46.2 Å². The molecule has 0 fully saturated rings. The Kier molecular flexibility index (Phi) is 6.49. The smallest absolute Gasteiger partial charge is 0.408 e. The summed E-state index contributed by atoms with van der Waals surface area (Å²) in [7, 11) is 0. The van der Waals surface area contributed by atoms with Gasteiger partial charge in [0.25, 0.3) is 0 Å². The second-order valence-corrected chi connectivity index (χ2v) is 5.73. The van der Waals surface area contributed by atoms with Crippen molar-refractivity contribution in [3.05, 3.63) is 36.6 Å². The Labute approximate surface area is 130 Å². The lowest BCUT2D eigenvalue weighted by molar-refractivity contribution is -0.121. The van der Waals surface area contributed by atoms with Crippen LogP contribution in [0, 0.1) is 0 Å². The van der Waals surface area contributed by atoms with Crippen LogP contribution >= 0.6 is 0 Å². The number of ether oxygens (including phenoxy) is 1. The third-order valence-electron chi connectivity index (χ3n) is 2.44. The molecule has 1 rings (SSSR count). The molecule has 7 nitrogen and oxygen atoms in total. The molecule has 0 aromatic carbocycles. The molecule has 0 aliphatic carbocycles. The van der Waals surface area contributed by atoms with Gasteiger partial charge in [0.2, 0.25) is 5.91 Å². The van der Waals surface area contributed by atoms with Gasteiger partial charge in [0, 0.05) is 18.6 Å². The van der Waals surface area contributed by atoms with Gasteiger partial charge < -0.3 is 15.4 Å². The highest BCUT2D eigenvalue weighted by Crippen LogP contribution is 2.06. The standard InChI is InChI=1S/C15H22N4O3/c1-11(19-14(21)22-15(2,3)4)13(20)18-7-5-6-12-8-16-10-17-9-12/h5,7-11H,6H2,1-4H3,(H,18,20)(H,19,21)/b7-5+/t11-/m1/s1. The van der Waals surface area contributed by atoms with E-state index < -0.39 is 17.7 Å². The Hall–Kier alpha value is -2.44. The predicted octanol–water partition coefficient (Wildman–Crippen LogP) is 1.56. The molecule has 1 aromatic rings. The highest BCUT2D eigenvalue weighted by molar-refractivity contribution is 5.85. The van der Waals surface area contributed by atoms with Crippen LogP contribution in [0.4, 0.5) is 4.79 Å². The summed E-state index contributed by atoms with van der Waals surface area (Å²) in [6, 6.07) is -0.695. The first kappa shape index (κ1) is 17.6. The molecule has 0 saturated heterocycles. The van der Waals surface area contributed by atoms with Gasteiger partial charge in [-0.25, -0.2) is 14.8 Å². The summed E-state index contributed by atoms with van der Waals surface area (Å²) >= 11 is 0. The summed E-state index contributed by atoms with van der Waals surface area (Å²) in [5.74, 6) is -0.327. The fourth-order valence-corrected chi connectivity index (χ4v) is 1.45. The maximum Gasteiger partial charge on any atom is 0.408 e. The normalized spacial score (nSPS) is 12.7. The molecule has 0 spiro atoms. The largest absolute Gasteiger partial charge is 0.444 e. The van der Waals surface area contributed by atoms with E-state index in [4.69, 9.17) is 4.74 Å². The van der Waals surface area contributed by atoms with Gasteiger partial charge in [0.1, 0.15) is 18.0 Å². The minimum absolute atomic E-state index is 0.327. The van der Waals surface area contributed by atoms with Crippen LogP contribution in [0.1, 0.15) is 33.3 Å². The Morgan fingerprint density at radius 2 is 1.95 bits per heavy atom. The lowest BCUT2D eigenvalue weighted by atomic mass is 10.2. The number of rotatable bonds is 5. The molecular weight excluding hydrogens is 284 g/mol. The van der Waals surface area contributed by atoms with Crippen molar-refractivity contribution in [2.24, 2.45) is 0 Å². The molecule has 1 aromatic heterocycles. The monoisotopic (exact) mass is 306 g/mol. The molecule has 0 aliphatic heterocycles. The zero-order chi connectivity index (χ0) is 16.6. The number of alkyl carbamates (subject to hydrolysis) is 1. The van der Waals surface area contributed by atoms with Gasteiger partial charge in [-0.15, -0.1) is 0 Å². The Morgan fingerprint density at radius 3 is 2.55 bits per heavy atom. The molecule has 0 radical (unpaired) electrons. The predicted molar refractivity (Wildman–Crippen MR) is 81.9 cm³/mol. The average molecular weight is 306 g/mol. The number of carbonyl (C=O) groups is 2. The minimum Gasteiger partial charge on any atom is -0.444 e. The quantitative estimate of drug-likeness (QED) is 0.861. The molecule has 7 heteroatoms. The summed E-state index contributed by atoms with van der Waals surface area (Å²) in [6.07, 6.45) is 8.14. The zero-order valence-electron chi connectivity index (χ0n) is 13.3. The lowest BCUT2D eigenvalue weighted by Gasteiger charge is -2.21.